The monoisotopic (exact) mass is 689 g/mol. The zero-order chi connectivity index (χ0) is 32.8. The number of benzene rings is 8. The number of thiophene rings is 3. The van der Waals surface area contributed by atoms with Crippen molar-refractivity contribution in [2.75, 3.05) is 4.90 Å². The van der Waals surface area contributed by atoms with Gasteiger partial charge in [0.25, 0.3) is 0 Å². The second-order valence-corrected chi connectivity index (χ2v) is 16.2. The number of anilines is 3. The topological polar surface area (TPSA) is 3.24 Å². The Morgan fingerprint density at radius 1 is 0.280 bits per heavy atom. The third kappa shape index (κ3) is 4.43. The van der Waals surface area contributed by atoms with Crippen LogP contribution in [0.25, 0.3) is 82.4 Å². The van der Waals surface area contributed by atoms with E-state index in [2.05, 4.69) is 169 Å². The molecule has 0 aliphatic carbocycles. The molecular formula is C46H27NS3. The van der Waals surface area contributed by atoms with Gasteiger partial charge in [-0.25, -0.2) is 0 Å². The Kier molecular flexibility index (Phi) is 6.23. The lowest BCUT2D eigenvalue weighted by Crippen LogP contribution is -2.09. The summed E-state index contributed by atoms with van der Waals surface area (Å²) in [6, 6.07) is 60.8. The van der Waals surface area contributed by atoms with E-state index >= 15 is 0 Å². The van der Waals surface area contributed by atoms with Crippen LogP contribution < -0.4 is 4.90 Å². The maximum Gasteiger partial charge on any atom is 0.0468 e. The molecule has 0 aliphatic heterocycles. The molecule has 50 heavy (non-hydrogen) atoms. The fourth-order valence-corrected chi connectivity index (χ4v) is 10.9. The van der Waals surface area contributed by atoms with Gasteiger partial charge in [-0.3, -0.25) is 0 Å². The third-order valence-corrected chi connectivity index (χ3v) is 13.5. The van der Waals surface area contributed by atoms with Crippen molar-refractivity contribution in [3.63, 3.8) is 0 Å². The summed E-state index contributed by atoms with van der Waals surface area (Å²) in [6.45, 7) is 0. The van der Waals surface area contributed by atoms with Crippen molar-refractivity contribution in [1.82, 2.24) is 0 Å². The van der Waals surface area contributed by atoms with Crippen molar-refractivity contribution in [3.8, 4) is 11.1 Å². The van der Waals surface area contributed by atoms with Gasteiger partial charge >= 0.3 is 0 Å². The first kappa shape index (κ1) is 28.3. The Hall–Kier alpha value is -5.52. The van der Waals surface area contributed by atoms with Crippen molar-refractivity contribution >= 4 is 122 Å². The van der Waals surface area contributed by atoms with E-state index in [0.29, 0.717) is 0 Å². The lowest BCUT2D eigenvalue weighted by molar-refractivity contribution is 1.30. The molecule has 0 N–H and O–H groups in total. The maximum absolute atomic E-state index is 2.42. The van der Waals surface area contributed by atoms with E-state index in [9.17, 15) is 0 Å². The molecule has 0 bridgehead atoms. The number of hydrogen-bond acceptors (Lipinski definition) is 4. The second-order valence-electron chi connectivity index (χ2n) is 12.9. The molecule has 8 aromatic carbocycles. The van der Waals surface area contributed by atoms with Crippen LogP contribution in [0.2, 0.25) is 0 Å². The van der Waals surface area contributed by atoms with Crippen LogP contribution in [0, 0.1) is 0 Å². The van der Waals surface area contributed by atoms with Gasteiger partial charge in [0.1, 0.15) is 0 Å². The Bertz CT molecular complexity index is 2990. The van der Waals surface area contributed by atoms with Crippen LogP contribution in [0.3, 0.4) is 0 Å². The number of nitrogens with zero attached hydrogens (tertiary/aromatic N) is 1. The first-order valence-corrected chi connectivity index (χ1v) is 19.3. The van der Waals surface area contributed by atoms with E-state index < -0.39 is 0 Å². The van der Waals surface area contributed by atoms with Crippen LogP contribution in [0.4, 0.5) is 17.1 Å². The molecule has 1 nitrogen and oxygen atoms in total. The Morgan fingerprint density at radius 3 is 1.32 bits per heavy atom. The van der Waals surface area contributed by atoms with Crippen molar-refractivity contribution < 1.29 is 0 Å². The largest absolute Gasteiger partial charge is 0.310 e. The third-order valence-electron chi connectivity index (χ3n) is 10.0. The van der Waals surface area contributed by atoms with Gasteiger partial charge < -0.3 is 4.90 Å². The quantitative estimate of drug-likeness (QED) is 0.178. The average Bonchev–Trinajstić information content (AvgIpc) is 3.85. The molecule has 0 amide bonds. The first-order chi connectivity index (χ1) is 24.7. The van der Waals surface area contributed by atoms with E-state index in [-0.39, 0.29) is 0 Å². The van der Waals surface area contributed by atoms with Gasteiger partial charge in [0.05, 0.1) is 0 Å². The fraction of sp³-hybridized carbons (Fsp3) is 0. The summed E-state index contributed by atoms with van der Waals surface area (Å²) in [5, 5.41) is 10.5. The molecule has 0 unspecified atom stereocenters. The number of rotatable bonds is 4. The highest BCUT2D eigenvalue weighted by molar-refractivity contribution is 7.26. The van der Waals surface area contributed by atoms with Crippen molar-refractivity contribution in [3.05, 3.63) is 164 Å². The van der Waals surface area contributed by atoms with E-state index in [1.807, 2.05) is 34.0 Å². The lowest BCUT2D eigenvalue weighted by Gasteiger charge is -2.26. The van der Waals surface area contributed by atoms with E-state index in [1.54, 1.807) is 0 Å². The molecule has 0 atom stereocenters. The molecule has 11 aromatic rings. The van der Waals surface area contributed by atoms with Gasteiger partial charge in [-0.2, -0.15) is 0 Å². The fourth-order valence-electron chi connectivity index (χ4n) is 7.60. The van der Waals surface area contributed by atoms with Gasteiger partial charge in [0.15, 0.2) is 0 Å². The molecule has 3 aromatic heterocycles. The van der Waals surface area contributed by atoms with Crippen LogP contribution in [-0.4, -0.2) is 0 Å². The highest BCUT2D eigenvalue weighted by Gasteiger charge is 2.17. The molecule has 0 spiro atoms. The van der Waals surface area contributed by atoms with Crippen LogP contribution >= 0.6 is 34.0 Å². The van der Waals surface area contributed by atoms with Crippen molar-refractivity contribution in [2.24, 2.45) is 0 Å². The van der Waals surface area contributed by atoms with Crippen LogP contribution in [0.15, 0.2) is 164 Å². The summed E-state index contributed by atoms with van der Waals surface area (Å²) in [5.74, 6) is 0. The Labute approximate surface area is 300 Å². The molecule has 0 radical (unpaired) electrons. The minimum atomic E-state index is 1.14. The minimum absolute atomic E-state index is 1.14. The summed E-state index contributed by atoms with van der Waals surface area (Å²) in [5.41, 5.74) is 5.89. The molecule has 234 valence electrons. The standard InChI is InChI=1S/C46H27NS3/c1-6-12-43-35(7-1)38-24-31-23-29(13-14-30(31)25-46(38)50-43)28-15-17-32(18-16-28)47(33-19-21-44-39(26-33)36-8-2-4-10-41(36)48-44)34-20-22-45-40(27-34)37-9-3-5-11-42(37)49-45/h1-27H. The Morgan fingerprint density at radius 2 is 0.740 bits per heavy atom. The summed E-state index contributed by atoms with van der Waals surface area (Å²) >= 11 is 5.60. The molecule has 4 heteroatoms. The average molecular weight is 690 g/mol. The van der Waals surface area contributed by atoms with E-state index in [1.165, 1.54) is 82.4 Å². The number of hydrogen-bond donors (Lipinski definition) is 0. The van der Waals surface area contributed by atoms with Crippen LogP contribution in [0.1, 0.15) is 0 Å². The predicted molar refractivity (Wildman–Crippen MR) is 223 cm³/mol. The van der Waals surface area contributed by atoms with Gasteiger partial charge in [-0.1, -0.05) is 78.9 Å². The lowest BCUT2D eigenvalue weighted by atomic mass is 9.99. The van der Waals surface area contributed by atoms with Crippen LogP contribution in [0.5, 0.6) is 0 Å². The highest BCUT2D eigenvalue weighted by atomic mass is 32.1. The molecule has 0 aliphatic rings. The van der Waals surface area contributed by atoms with Gasteiger partial charge in [-0.05, 0) is 107 Å². The van der Waals surface area contributed by atoms with Gasteiger partial charge in [0.2, 0.25) is 0 Å². The molecule has 0 saturated heterocycles. The molecule has 0 saturated carbocycles. The predicted octanol–water partition coefficient (Wildman–Crippen LogP) is 15.1. The van der Waals surface area contributed by atoms with Gasteiger partial charge in [0, 0.05) is 77.6 Å². The second kappa shape index (κ2) is 11.0. The van der Waals surface area contributed by atoms with E-state index in [4.69, 9.17) is 0 Å². The first-order valence-electron chi connectivity index (χ1n) is 16.8. The highest BCUT2D eigenvalue weighted by Crippen LogP contribution is 2.44. The van der Waals surface area contributed by atoms with E-state index in [0.717, 1.165) is 17.1 Å². The molecule has 3 heterocycles. The maximum atomic E-state index is 2.42. The number of fused-ring (bicyclic) bond motifs is 10. The molecular weight excluding hydrogens is 663 g/mol. The Balaban J connectivity index is 1.05. The summed E-state index contributed by atoms with van der Waals surface area (Å²) in [6.07, 6.45) is 0. The molecule has 11 rings (SSSR count). The zero-order valence-electron chi connectivity index (χ0n) is 26.8. The smallest absolute Gasteiger partial charge is 0.0468 e. The van der Waals surface area contributed by atoms with Crippen molar-refractivity contribution in [1.29, 1.82) is 0 Å². The zero-order valence-corrected chi connectivity index (χ0v) is 29.2. The normalized spacial score (nSPS) is 12.0. The van der Waals surface area contributed by atoms with Gasteiger partial charge in [-0.15, -0.1) is 34.0 Å². The summed E-state index contributed by atoms with van der Waals surface area (Å²) in [4.78, 5) is 2.42. The minimum Gasteiger partial charge on any atom is -0.310 e. The SMILES string of the molecule is c1ccc2c(c1)sc1ccc(N(c3ccc(-c4ccc5cc6sc7ccccc7c6cc5c4)cc3)c3ccc4sc5ccccc5c4c3)cc12. The van der Waals surface area contributed by atoms with Crippen LogP contribution in [-0.2, 0) is 0 Å². The van der Waals surface area contributed by atoms with Crippen molar-refractivity contribution in [2.45, 2.75) is 0 Å². The molecule has 0 fully saturated rings. The summed E-state index contributed by atoms with van der Waals surface area (Å²) < 4.78 is 7.96. The summed E-state index contributed by atoms with van der Waals surface area (Å²) in [7, 11) is 0.